The van der Waals surface area contributed by atoms with Crippen molar-refractivity contribution in [1.82, 2.24) is 4.98 Å². The minimum atomic E-state index is -4.44. The molecule has 1 aromatic rings. The highest BCUT2D eigenvalue weighted by Gasteiger charge is 2.32. The Balaban J connectivity index is 1.96. The highest BCUT2D eigenvalue weighted by atomic mass is 19.4. The summed E-state index contributed by atoms with van der Waals surface area (Å²) in [6.45, 7) is 0.986. The first-order valence-corrected chi connectivity index (χ1v) is 6.88. The van der Waals surface area contributed by atoms with Crippen molar-refractivity contribution in [3.8, 4) is 5.88 Å². The van der Waals surface area contributed by atoms with Crippen molar-refractivity contribution in [2.75, 3.05) is 13.2 Å². The maximum absolute atomic E-state index is 12.5. The fourth-order valence-electron chi connectivity index (χ4n) is 2.66. The van der Waals surface area contributed by atoms with Crippen molar-refractivity contribution in [1.29, 1.82) is 0 Å². The van der Waals surface area contributed by atoms with Crippen LogP contribution in [-0.4, -0.2) is 18.1 Å². The molecule has 2 rings (SSSR count). The Labute approximate surface area is 116 Å². The lowest BCUT2D eigenvalue weighted by Crippen LogP contribution is -2.30. The summed E-state index contributed by atoms with van der Waals surface area (Å²) in [6, 6.07) is 3.71. The third-order valence-electron chi connectivity index (χ3n) is 3.83. The van der Waals surface area contributed by atoms with Gasteiger partial charge in [-0.25, -0.2) is 4.98 Å². The second kappa shape index (κ2) is 6.43. The molecule has 1 saturated carbocycles. The van der Waals surface area contributed by atoms with Crippen molar-refractivity contribution in [3.05, 3.63) is 23.9 Å². The van der Waals surface area contributed by atoms with Gasteiger partial charge in [-0.15, -0.1) is 0 Å². The summed E-state index contributed by atoms with van der Waals surface area (Å²) in [5.74, 6) is 0.737. The molecule has 1 heterocycles. The van der Waals surface area contributed by atoms with Crippen molar-refractivity contribution < 1.29 is 17.9 Å². The fraction of sp³-hybridized carbons (Fsp3) is 0.643. The average molecular weight is 288 g/mol. The number of aromatic nitrogens is 1. The quantitative estimate of drug-likeness (QED) is 0.925. The Morgan fingerprint density at radius 2 is 1.90 bits per heavy atom. The summed E-state index contributed by atoms with van der Waals surface area (Å²) in [5.41, 5.74) is 4.80. The molecule has 3 nitrogen and oxygen atoms in total. The number of nitrogens with zero attached hydrogens (tertiary/aromatic N) is 1. The molecule has 6 heteroatoms. The number of alkyl halides is 3. The van der Waals surface area contributed by atoms with Crippen LogP contribution >= 0.6 is 0 Å². The average Bonchev–Trinajstić information content (AvgIpc) is 2.45. The predicted octanol–water partition coefficient (Wildman–Crippen LogP) is 3.24. The van der Waals surface area contributed by atoms with Crippen molar-refractivity contribution in [2.24, 2.45) is 17.6 Å². The van der Waals surface area contributed by atoms with Crippen LogP contribution in [0, 0.1) is 11.8 Å². The lowest BCUT2D eigenvalue weighted by atomic mass is 9.80. The van der Waals surface area contributed by atoms with Crippen molar-refractivity contribution in [2.45, 2.75) is 31.9 Å². The van der Waals surface area contributed by atoms with Gasteiger partial charge >= 0.3 is 6.18 Å². The third kappa shape index (κ3) is 3.85. The normalized spacial score (nSPS) is 23.6. The second-order valence-corrected chi connectivity index (χ2v) is 5.21. The summed E-state index contributed by atoms with van der Waals surface area (Å²) in [4.78, 5) is 3.50. The van der Waals surface area contributed by atoms with Crippen LogP contribution in [0.1, 0.15) is 31.4 Å². The van der Waals surface area contributed by atoms with Gasteiger partial charge < -0.3 is 10.5 Å². The van der Waals surface area contributed by atoms with E-state index in [0.717, 1.165) is 25.3 Å². The van der Waals surface area contributed by atoms with Crippen LogP contribution in [0.3, 0.4) is 0 Å². The van der Waals surface area contributed by atoms with Gasteiger partial charge in [-0.1, -0.05) is 18.9 Å². The van der Waals surface area contributed by atoms with E-state index in [-0.39, 0.29) is 5.88 Å². The van der Waals surface area contributed by atoms with Gasteiger partial charge in [-0.3, -0.25) is 0 Å². The van der Waals surface area contributed by atoms with Crippen LogP contribution in [0.15, 0.2) is 18.2 Å². The first kappa shape index (κ1) is 15.1. The molecule has 0 aliphatic heterocycles. The van der Waals surface area contributed by atoms with Gasteiger partial charge in [0.25, 0.3) is 0 Å². The van der Waals surface area contributed by atoms with E-state index in [1.165, 1.54) is 18.6 Å². The molecular formula is C14H19F3N2O. The summed E-state index contributed by atoms with van der Waals surface area (Å²) in [7, 11) is 0. The van der Waals surface area contributed by atoms with E-state index in [0.29, 0.717) is 25.0 Å². The van der Waals surface area contributed by atoms with Crippen LogP contribution in [0.2, 0.25) is 0 Å². The lowest BCUT2D eigenvalue weighted by Gasteiger charge is -2.30. The van der Waals surface area contributed by atoms with E-state index in [9.17, 15) is 13.2 Å². The third-order valence-corrected chi connectivity index (χ3v) is 3.83. The van der Waals surface area contributed by atoms with Crippen LogP contribution in [0.4, 0.5) is 13.2 Å². The summed E-state index contributed by atoms with van der Waals surface area (Å²) in [5, 5.41) is 0. The molecule has 112 valence electrons. The monoisotopic (exact) mass is 288 g/mol. The topological polar surface area (TPSA) is 48.1 Å². The number of rotatable bonds is 4. The van der Waals surface area contributed by atoms with Gasteiger partial charge in [0.1, 0.15) is 5.69 Å². The van der Waals surface area contributed by atoms with Crippen LogP contribution in [0.5, 0.6) is 5.88 Å². The van der Waals surface area contributed by atoms with Gasteiger partial charge in [-0.2, -0.15) is 13.2 Å². The van der Waals surface area contributed by atoms with E-state index in [2.05, 4.69) is 4.98 Å². The number of hydrogen-bond donors (Lipinski definition) is 1. The van der Waals surface area contributed by atoms with Gasteiger partial charge in [0.05, 0.1) is 6.61 Å². The molecule has 0 spiro atoms. The molecular weight excluding hydrogens is 269 g/mol. The standard InChI is InChI=1S/C14H19F3N2O/c15-14(16,17)12-6-3-7-13(19-12)20-9-11-5-2-1-4-10(11)8-18/h3,6-7,10-11H,1-2,4-5,8-9,18H2. The van der Waals surface area contributed by atoms with E-state index in [1.54, 1.807) is 0 Å². The summed E-state index contributed by atoms with van der Waals surface area (Å²) in [6.07, 6.45) is -0.0634. The first-order valence-electron chi connectivity index (χ1n) is 6.88. The lowest BCUT2D eigenvalue weighted by molar-refractivity contribution is -0.141. The van der Waals surface area contributed by atoms with Gasteiger partial charge in [0, 0.05) is 6.07 Å². The highest BCUT2D eigenvalue weighted by molar-refractivity contribution is 5.17. The van der Waals surface area contributed by atoms with E-state index >= 15 is 0 Å². The Morgan fingerprint density at radius 1 is 1.20 bits per heavy atom. The number of ether oxygens (including phenoxy) is 1. The van der Waals surface area contributed by atoms with Crippen LogP contribution in [-0.2, 0) is 6.18 Å². The predicted molar refractivity (Wildman–Crippen MR) is 69.2 cm³/mol. The van der Waals surface area contributed by atoms with Crippen LogP contribution < -0.4 is 10.5 Å². The maximum atomic E-state index is 12.5. The number of halogens is 3. The van der Waals surface area contributed by atoms with Gasteiger partial charge in [-0.05, 0) is 37.3 Å². The Bertz CT molecular complexity index is 437. The molecule has 0 amide bonds. The molecule has 0 saturated heterocycles. The second-order valence-electron chi connectivity index (χ2n) is 5.21. The molecule has 0 bridgehead atoms. The number of hydrogen-bond acceptors (Lipinski definition) is 3. The molecule has 2 atom stereocenters. The summed E-state index contributed by atoms with van der Waals surface area (Å²) >= 11 is 0. The fourth-order valence-corrected chi connectivity index (χ4v) is 2.66. The zero-order chi connectivity index (χ0) is 14.6. The Hall–Kier alpha value is -1.30. The van der Waals surface area contributed by atoms with Crippen molar-refractivity contribution >= 4 is 0 Å². The van der Waals surface area contributed by atoms with E-state index in [1.807, 2.05) is 0 Å². The van der Waals surface area contributed by atoms with Gasteiger partial charge in [0.2, 0.25) is 5.88 Å². The summed E-state index contributed by atoms with van der Waals surface area (Å²) < 4.78 is 43.1. The van der Waals surface area contributed by atoms with Crippen LogP contribution in [0.25, 0.3) is 0 Å². The zero-order valence-electron chi connectivity index (χ0n) is 11.2. The first-order chi connectivity index (χ1) is 9.50. The molecule has 1 aliphatic rings. The molecule has 20 heavy (non-hydrogen) atoms. The van der Waals surface area contributed by atoms with E-state index in [4.69, 9.17) is 10.5 Å². The number of pyridine rings is 1. The van der Waals surface area contributed by atoms with E-state index < -0.39 is 11.9 Å². The molecule has 0 aromatic carbocycles. The van der Waals surface area contributed by atoms with Gasteiger partial charge in [0.15, 0.2) is 0 Å². The van der Waals surface area contributed by atoms with Crippen molar-refractivity contribution in [3.63, 3.8) is 0 Å². The minimum absolute atomic E-state index is 0.0289. The molecule has 0 radical (unpaired) electrons. The zero-order valence-corrected chi connectivity index (χ0v) is 11.2. The molecule has 1 aliphatic carbocycles. The Kier molecular flexibility index (Phi) is 4.86. The highest BCUT2D eigenvalue weighted by Crippen LogP contribution is 2.31. The molecule has 2 N–H and O–H groups in total. The minimum Gasteiger partial charge on any atom is -0.477 e. The molecule has 1 aromatic heterocycles. The Morgan fingerprint density at radius 3 is 2.55 bits per heavy atom. The maximum Gasteiger partial charge on any atom is 0.433 e. The molecule has 2 unspecified atom stereocenters. The number of nitrogens with two attached hydrogens (primary N) is 1. The largest absolute Gasteiger partial charge is 0.477 e. The smallest absolute Gasteiger partial charge is 0.433 e. The molecule has 1 fully saturated rings. The SMILES string of the molecule is NCC1CCCCC1COc1cccc(C(F)(F)F)n1.